The lowest BCUT2D eigenvalue weighted by atomic mass is 10.0. The maximum absolute atomic E-state index is 11.9. The Labute approximate surface area is 111 Å². The van der Waals surface area contributed by atoms with Crippen molar-refractivity contribution in [3.8, 4) is 5.75 Å². The Morgan fingerprint density at radius 2 is 2.06 bits per heavy atom. The number of alkyl halides is 1. The number of rotatable bonds is 6. The van der Waals surface area contributed by atoms with Gasteiger partial charge in [-0.25, -0.2) is 4.79 Å². The minimum absolute atomic E-state index is 0.0839. The summed E-state index contributed by atoms with van der Waals surface area (Å²) in [6.07, 6.45) is 0.0921. The van der Waals surface area contributed by atoms with E-state index in [0.29, 0.717) is 16.9 Å². The molecule has 0 saturated heterocycles. The van der Waals surface area contributed by atoms with Crippen molar-refractivity contribution < 1.29 is 19.1 Å². The summed E-state index contributed by atoms with van der Waals surface area (Å²) in [6.45, 7) is 1.98. The number of Topliss-reactive ketones (excluding diaryl/α,β-unsaturated/α-hetero) is 1. The first-order valence-electron chi connectivity index (χ1n) is 5.54. The summed E-state index contributed by atoms with van der Waals surface area (Å²) < 4.78 is 10.1. The highest BCUT2D eigenvalue weighted by Gasteiger charge is 2.19. The second kappa shape index (κ2) is 7.01. The van der Waals surface area contributed by atoms with E-state index in [0.717, 1.165) is 0 Å². The molecule has 0 aromatic heterocycles. The predicted molar refractivity (Wildman–Crippen MR) is 68.4 cm³/mol. The minimum Gasteiger partial charge on any atom is -0.496 e. The third-order valence-corrected chi connectivity index (χ3v) is 2.65. The number of hydrogen-bond acceptors (Lipinski definition) is 4. The molecular formula is C13H15ClO4. The third kappa shape index (κ3) is 3.47. The maximum atomic E-state index is 11.9. The first-order valence-corrected chi connectivity index (χ1v) is 6.08. The van der Waals surface area contributed by atoms with Gasteiger partial charge in [0.1, 0.15) is 11.3 Å². The molecule has 1 aromatic carbocycles. The molecule has 98 valence electrons. The van der Waals surface area contributed by atoms with Crippen molar-refractivity contribution in [3.63, 3.8) is 0 Å². The Hall–Kier alpha value is -1.55. The summed E-state index contributed by atoms with van der Waals surface area (Å²) in [7, 11) is 1.46. The van der Waals surface area contributed by atoms with Crippen LogP contribution in [0.5, 0.6) is 5.75 Å². The zero-order valence-electron chi connectivity index (χ0n) is 10.4. The van der Waals surface area contributed by atoms with Gasteiger partial charge in [0, 0.05) is 6.42 Å². The topological polar surface area (TPSA) is 52.6 Å². The lowest BCUT2D eigenvalue weighted by Gasteiger charge is -2.12. The standard InChI is InChI=1S/C13H15ClO4/c1-3-18-13(16)12-9(7-10(15)8-14)5-4-6-11(12)17-2/h4-6H,3,7-8H2,1-2H3. The van der Waals surface area contributed by atoms with E-state index in [1.807, 2.05) is 0 Å². The number of hydrogen-bond donors (Lipinski definition) is 0. The molecule has 0 saturated carbocycles. The van der Waals surface area contributed by atoms with Crippen LogP contribution in [0, 0.1) is 0 Å². The van der Waals surface area contributed by atoms with E-state index < -0.39 is 5.97 Å². The number of ether oxygens (including phenoxy) is 2. The smallest absolute Gasteiger partial charge is 0.342 e. The molecule has 0 N–H and O–H groups in total. The van der Waals surface area contributed by atoms with E-state index in [2.05, 4.69) is 0 Å². The second-order valence-electron chi connectivity index (χ2n) is 3.56. The summed E-state index contributed by atoms with van der Waals surface area (Å²) in [6, 6.07) is 5.07. The van der Waals surface area contributed by atoms with Gasteiger partial charge in [-0.3, -0.25) is 4.79 Å². The normalized spacial score (nSPS) is 9.94. The highest BCUT2D eigenvalue weighted by atomic mass is 35.5. The van der Waals surface area contributed by atoms with E-state index in [1.165, 1.54) is 7.11 Å². The Morgan fingerprint density at radius 3 is 2.61 bits per heavy atom. The molecule has 0 heterocycles. The van der Waals surface area contributed by atoms with Gasteiger partial charge in [0.15, 0.2) is 5.78 Å². The zero-order chi connectivity index (χ0) is 13.5. The molecule has 0 bridgehead atoms. The summed E-state index contributed by atoms with van der Waals surface area (Å²) in [5, 5.41) is 0. The minimum atomic E-state index is -0.493. The lowest BCUT2D eigenvalue weighted by Crippen LogP contribution is -2.13. The van der Waals surface area contributed by atoms with Crippen molar-refractivity contribution in [2.75, 3.05) is 19.6 Å². The molecule has 4 nitrogen and oxygen atoms in total. The number of halogens is 1. The van der Waals surface area contributed by atoms with Gasteiger partial charge in [-0.2, -0.15) is 0 Å². The molecule has 1 rings (SSSR count). The Bertz CT molecular complexity index is 443. The van der Waals surface area contributed by atoms with Crippen LogP contribution in [0.25, 0.3) is 0 Å². The van der Waals surface area contributed by atoms with Crippen LogP contribution in [-0.2, 0) is 16.0 Å². The van der Waals surface area contributed by atoms with Crippen molar-refractivity contribution in [3.05, 3.63) is 29.3 Å². The van der Waals surface area contributed by atoms with Gasteiger partial charge in [0.2, 0.25) is 0 Å². The molecule has 0 spiro atoms. The molecule has 0 fully saturated rings. The van der Waals surface area contributed by atoms with Gasteiger partial charge in [-0.05, 0) is 18.6 Å². The summed E-state index contributed by atoms with van der Waals surface area (Å²) in [5.41, 5.74) is 0.860. The van der Waals surface area contributed by atoms with E-state index in [4.69, 9.17) is 21.1 Å². The molecule has 0 unspecified atom stereocenters. The van der Waals surface area contributed by atoms with Crippen LogP contribution in [0.2, 0.25) is 0 Å². The number of benzene rings is 1. The van der Waals surface area contributed by atoms with Crippen molar-refractivity contribution in [2.24, 2.45) is 0 Å². The fraction of sp³-hybridized carbons (Fsp3) is 0.385. The van der Waals surface area contributed by atoms with E-state index in [9.17, 15) is 9.59 Å². The summed E-state index contributed by atoms with van der Waals surface area (Å²) in [5.74, 6) is -0.337. The van der Waals surface area contributed by atoms with Gasteiger partial charge < -0.3 is 9.47 Å². The van der Waals surface area contributed by atoms with Gasteiger partial charge in [-0.1, -0.05) is 12.1 Å². The number of carbonyl (C=O) groups excluding carboxylic acids is 2. The molecule has 18 heavy (non-hydrogen) atoms. The molecule has 0 radical (unpaired) electrons. The van der Waals surface area contributed by atoms with Crippen LogP contribution in [-0.4, -0.2) is 31.3 Å². The van der Waals surface area contributed by atoms with Crippen molar-refractivity contribution in [1.82, 2.24) is 0 Å². The molecular weight excluding hydrogens is 256 g/mol. The summed E-state index contributed by atoms with van der Waals surface area (Å²) in [4.78, 5) is 23.3. The number of methoxy groups -OCH3 is 1. The van der Waals surface area contributed by atoms with Gasteiger partial charge in [-0.15, -0.1) is 11.6 Å². The fourth-order valence-corrected chi connectivity index (χ4v) is 1.68. The highest BCUT2D eigenvalue weighted by Crippen LogP contribution is 2.24. The van der Waals surface area contributed by atoms with Gasteiger partial charge in [0.25, 0.3) is 0 Å². The molecule has 1 aromatic rings. The molecule has 0 amide bonds. The average Bonchev–Trinajstić information content (AvgIpc) is 2.38. The molecule has 0 aliphatic rings. The Kier molecular flexibility index (Phi) is 5.65. The highest BCUT2D eigenvalue weighted by molar-refractivity contribution is 6.27. The third-order valence-electron chi connectivity index (χ3n) is 2.35. The first-order chi connectivity index (χ1) is 8.63. The molecule has 0 aliphatic heterocycles. The van der Waals surface area contributed by atoms with E-state index >= 15 is 0 Å². The van der Waals surface area contributed by atoms with Crippen LogP contribution in [0.15, 0.2) is 18.2 Å². The van der Waals surface area contributed by atoms with Crippen LogP contribution in [0.3, 0.4) is 0 Å². The first kappa shape index (κ1) is 14.5. The van der Waals surface area contributed by atoms with Crippen LogP contribution >= 0.6 is 11.6 Å². The van der Waals surface area contributed by atoms with Crippen molar-refractivity contribution in [1.29, 1.82) is 0 Å². The van der Waals surface area contributed by atoms with Crippen LogP contribution < -0.4 is 4.74 Å². The quantitative estimate of drug-likeness (QED) is 0.587. The van der Waals surface area contributed by atoms with Gasteiger partial charge >= 0.3 is 5.97 Å². The van der Waals surface area contributed by atoms with E-state index in [-0.39, 0.29) is 24.7 Å². The summed E-state index contributed by atoms with van der Waals surface area (Å²) >= 11 is 5.47. The van der Waals surface area contributed by atoms with E-state index in [1.54, 1.807) is 25.1 Å². The SMILES string of the molecule is CCOC(=O)c1c(CC(=O)CCl)cccc1OC. The largest absolute Gasteiger partial charge is 0.496 e. The lowest BCUT2D eigenvalue weighted by molar-refractivity contribution is -0.116. The zero-order valence-corrected chi connectivity index (χ0v) is 11.1. The molecule has 0 atom stereocenters. The average molecular weight is 271 g/mol. The van der Waals surface area contributed by atoms with Crippen molar-refractivity contribution in [2.45, 2.75) is 13.3 Å². The molecule has 0 aliphatic carbocycles. The monoisotopic (exact) mass is 270 g/mol. The van der Waals surface area contributed by atoms with Gasteiger partial charge in [0.05, 0.1) is 19.6 Å². The second-order valence-corrected chi connectivity index (χ2v) is 3.83. The van der Waals surface area contributed by atoms with Crippen molar-refractivity contribution >= 4 is 23.4 Å². The Balaban J connectivity index is 3.15. The number of ketones is 1. The fourth-order valence-electron chi connectivity index (χ4n) is 1.59. The molecule has 5 heteroatoms. The Morgan fingerprint density at radius 1 is 1.33 bits per heavy atom. The maximum Gasteiger partial charge on any atom is 0.342 e. The predicted octanol–water partition coefficient (Wildman–Crippen LogP) is 2.22. The van der Waals surface area contributed by atoms with Crippen LogP contribution in [0.1, 0.15) is 22.8 Å². The van der Waals surface area contributed by atoms with Crippen LogP contribution in [0.4, 0.5) is 0 Å². The number of carbonyl (C=O) groups is 2. The number of esters is 1.